The molecule has 0 saturated heterocycles. The van der Waals surface area contributed by atoms with E-state index in [1.165, 1.54) is 0 Å². The predicted octanol–water partition coefficient (Wildman–Crippen LogP) is 3.32. The zero-order chi connectivity index (χ0) is 18.5. The van der Waals surface area contributed by atoms with E-state index in [0.717, 1.165) is 16.5 Å². The summed E-state index contributed by atoms with van der Waals surface area (Å²) in [7, 11) is 4.76. The Morgan fingerprint density at radius 2 is 1.88 bits per heavy atom. The number of para-hydroxylation sites is 1. The number of ether oxygens (including phenoxy) is 3. The Hall–Kier alpha value is -3.15. The molecule has 0 atom stereocenters. The molecule has 1 amide bonds. The third-order valence-electron chi connectivity index (χ3n) is 4.17. The number of fused-ring (bicyclic) bond motifs is 1. The molecule has 3 rings (SSSR count). The molecule has 0 unspecified atom stereocenters. The standard InChI is InChI=1S/C20H21NO5/c1-23-15-7-8-16-14(12-26-18(16)10-15)9-19(22)21-11-13-5-4-6-17(24-2)20(13)25-3/h4-8,10,12H,9,11H2,1-3H3,(H,21,22). The summed E-state index contributed by atoms with van der Waals surface area (Å²) in [6, 6.07) is 11.1. The first kappa shape index (κ1) is 17.7. The number of nitrogens with one attached hydrogen (secondary N) is 1. The monoisotopic (exact) mass is 355 g/mol. The molecule has 3 aromatic rings. The number of carbonyl (C=O) groups excluding carboxylic acids is 1. The van der Waals surface area contributed by atoms with E-state index in [-0.39, 0.29) is 12.3 Å². The third kappa shape index (κ3) is 3.59. The molecule has 1 heterocycles. The van der Waals surface area contributed by atoms with Crippen molar-refractivity contribution in [2.24, 2.45) is 0 Å². The van der Waals surface area contributed by atoms with Gasteiger partial charge in [-0.15, -0.1) is 0 Å². The molecular formula is C20H21NO5. The van der Waals surface area contributed by atoms with Gasteiger partial charge in [0.25, 0.3) is 0 Å². The van der Waals surface area contributed by atoms with Crippen LogP contribution in [0, 0.1) is 0 Å². The highest BCUT2D eigenvalue weighted by atomic mass is 16.5. The first-order chi connectivity index (χ1) is 12.7. The lowest BCUT2D eigenvalue weighted by molar-refractivity contribution is -0.120. The van der Waals surface area contributed by atoms with Gasteiger partial charge in [0.2, 0.25) is 5.91 Å². The van der Waals surface area contributed by atoms with Gasteiger partial charge in [-0.2, -0.15) is 0 Å². The van der Waals surface area contributed by atoms with Crippen LogP contribution < -0.4 is 19.5 Å². The number of hydrogen-bond acceptors (Lipinski definition) is 5. The van der Waals surface area contributed by atoms with E-state index in [2.05, 4.69) is 5.32 Å². The summed E-state index contributed by atoms with van der Waals surface area (Å²) in [6.07, 6.45) is 1.83. The van der Waals surface area contributed by atoms with Gasteiger partial charge in [-0.3, -0.25) is 4.79 Å². The van der Waals surface area contributed by atoms with Crippen molar-refractivity contribution in [3.05, 3.63) is 53.8 Å². The Bertz CT molecular complexity index is 916. The van der Waals surface area contributed by atoms with Gasteiger partial charge in [0.1, 0.15) is 11.3 Å². The maximum absolute atomic E-state index is 12.4. The lowest BCUT2D eigenvalue weighted by atomic mass is 10.1. The fourth-order valence-corrected chi connectivity index (χ4v) is 2.85. The van der Waals surface area contributed by atoms with Crippen LogP contribution in [0.15, 0.2) is 47.1 Å². The molecule has 1 N–H and O–H groups in total. The highest BCUT2D eigenvalue weighted by Gasteiger charge is 2.13. The predicted molar refractivity (Wildman–Crippen MR) is 97.9 cm³/mol. The summed E-state index contributed by atoms with van der Waals surface area (Å²) >= 11 is 0. The maximum atomic E-state index is 12.4. The van der Waals surface area contributed by atoms with Gasteiger partial charge in [-0.25, -0.2) is 0 Å². The van der Waals surface area contributed by atoms with Crippen LogP contribution >= 0.6 is 0 Å². The van der Waals surface area contributed by atoms with Crippen molar-refractivity contribution in [1.29, 1.82) is 0 Å². The Labute approximate surface area is 151 Å². The van der Waals surface area contributed by atoms with E-state index in [1.807, 2.05) is 30.3 Å². The molecule has 0 bridgehead atoms. The molecule has 136 valence electrons. The molecule has 0 aliphatic heterocycles. The van der Waals surface area contributed by atoms with Crippen LogP contribution in [0.5, 0.6) is 17.2 Å². The number of furan rings is 1. The largest absolute Gasteiger partial charge is 0.497 e. The SMILES string of the molecule is COc1ccc2c(CC(=O)NCc3cccc(OC)c3OC)coc2c1. The van der Waals surface area contributed by atoms with Crippen molar-refractivity contribution in [3.63, 3.8) is 0 Å². The van der Waals surface area contributed by atoms with Gasteiger partial charge in [0.05, 0.1) is 34.0 Å². The minimum absolute atomic E-state index is 0.103. The lowest BCUT2D eigenvalue weighted by Crippen LogP contribution is -2.24. The second-order valence-corrected chi connectivity index (χ2v) is 5.73. The highest BCUT2D eigenvalue weighted by molar-refractivity contribution is 5.88. The van der Waals surface area contributed by atoms with Crippen LogP contribution in [0.1, 0.15) is 11.1 Å². The van der Waals surface area contributed by atoms with Crippen molar-refractivity contribution in [2.75, 3.05) is 21.3 Å². The molecule has 6 heteroatoms. The van der Waals surface area contributed by atoms with E-state index < -0.39 is 0 Å². The van der Waals surface area contributed by atoms with Crippen molar-refractivity contribution < 1.29 is 23.4 Å². The van der Waals surface area contributed by atoms with E-state index >= 15 is 0 Å². The molecule has 26 heavy (non-hydrogen) atoms. The van der Waals surface area contributed by atoms with Crippen LogP contribution in [0.25, 0.3) is 11.0 Å². The van der Waals surface area contributed by atoms with Crippen molar-refractivity contribution in [2.45, 2.75) is 13.0 Å². The summed E-state index contributed by atoms with van der Waals surface area (Å²) in [4.78, 5) is 12.4. The van der Waals surface area contributed by atoms with E-state index in [0.29, 0.717) is 29.4 Å². The summed E-state index contributed by atoms with van der Waals surface area (Å²) in [5, 5.41) is 3.81. The average Bonchev–Trinajstić information content (AvgIpc) is 3.07. The molecule has 0 aliphatic rings. The number of amides is 1. The molecule has 0 saturated carbocycles. The topological polar surface area (TPSA) is 69.9 Å². The van der Waals surface area contributed by atoms with Crippen molar-refractivity contribution in [1.82, 2.24) is 5.32 Å². The highest BCUT2D eigenvalue weighted by Crippen LogP contribution is 2.30. The van der Waals surface area contributed by atoms with Gasteiger partial charge in [-0.05, 0) is 18.2 Å². The first-order valence-electron chi connectivity index (χ1n) is 8.17. The molecule has 0 aliphatic carbocycles. The summed E-state index contributed by atoms with van der Waals surface area (Å²) in [5.41, 5.74) is 2.38. The van der Waals surface area contributed by atoms with Gasteiger partial charge in [0, 0.05) is 29.1 Å². The second-order valence-electron chi connectivity index (χ2n) is 5.73. The van der Waals surface area contributed by atoms with Gasteiger partial charge in [-0.1, -0.05) is 12.1 Å². The van der Waals surface area contributed by atoms with Gasteiger partial charge >= 0.3 is 0 Å². The van der Waals surface area contributed by atoms with Crippen LogP contribution in [-0.2, 0) is 17.8 Å². The molecule has 1 aromatic heterocycles. The smallest absolute Gasteiger partial charge is 0.224 e. The van der Waals surface area contributed by atoms with E-state index in [1.54, 1.807) is 33.7 Å². The number of methoxy groups -OCH3 is 3. The molecule has 2 aromatic carbocycles. The summed E-state index contributed by atoms with van der Waals surface area (Å²) < 4.78 is 21.4. The van der Waals surface area contributed by atoms with E-state index in [4.69, 9.17) is 18.6 Å². The minimum Gasteiger partial charge on any atom is -0.497 e. The van der Waals surface area contributed by atoms with Crippen LogP contribution in [0.4, 0.5) is 0 Å². The van der Waals surface area contributed by atoms with Crippen LogP contribution in [0.2, 0.25) is 0 Å². The van der Waals surface area contributed by atoms with Crippen LogP contribution in [-0.4, -0.2) is 27.2 Å². The molecule has 0 spiro atoms. The normalized spacial score (nSPS) is 10.6. The fraction of sp³-hybridized carbons (Fsp3) is 0.250. The van der Waals surface area contributed by atoms with Gasteiger partial charge < -0.3 is 23.9 Å². The Morgan fingerprint density at radius 3 is 2.62 bits per heavy atom. The van der Waals surface area contributed by atoms with Gasteiger partial charge in [0.15, 0.2) is 11.5 Å². The number of rotatable bonds is 7. The average molecular weight is 355 g/mol. The molecule has 6 nitrogen and oxygen atoms in total. The summed E-state index contributed by atoms with van der Waals surface area (Å²) in [5.74, 6) is 1.87. The zero-order valence-electron chi connectivity index (χ0n) is 15.0. The third-order valence-corrected chi connectivity index (χ3v) is 4.17. The second kappa shape index (κ2) is 7.82. The van der Waals surface area contributed by atoms with E-state index in [9.17, 15) is 4.79 Å². The number of carbonyl (C=O) groups is 1. The van der Waals surface area contributed by atoms with Crippen molar-refractivity contribution in [3.8, 4) is 17.2 Å². The fourth-order valence-electron chi connectivity index (χ4n) is 2.85. The maximum Gasteiger partial charge on any atom is 0.224 e. The first-order valence-corrected chi connectivity index (χ1v) is 8.17. The van der Waals surface area contributed by atoms with Crippen molar-refractivity contribution >= 4 is 16.9 Å². The molecular weight excluding hydrogens is 334 g/mol. The Kier molecular flexibility index (Phi) is 5.31. The Balaban J connectivity index is 1.68. The Morgan fingerprint density at radius 1 is 1.04 bits per heavy atom. The number of benzene rings is 2. The molecule has 0 fully saturated rings. The quantitative estimate of drug-likeness (QED) is 0.704. The molecule has 0 radical (unpaired) electrons. The summed E-state index contributed by atoms with van der Waals surface area (Å²) in [6.45, 7) is 0.350. The lowest BCUT2D eigenvalue weighted by Gasteiger charge is -2.13. The number of hydrogen-bond donors (Lipinski definition) is 1. The van der Waals surface area contributed by atoms with Crippen LogP contribution in [0.3, 0.4) is 0 Å². The minimum atomic E-state index is -0.103. The zero-order valence-corrected chi connectivity index (χ0v) is 15.0.